The molecule has 156 valence electrons. The van der Waals surface area contributed by atoms with Crippen molar-refractivity contribution < 1.29 is 4.79 Å². The summed E-state index contributed by atoms with van der Waals surface area (Å²) in [6, 6.07) is 6.00. The number of hydrogen-bond donors (Lipinski definition) is 2. The molecule has 1 aliphatic carbocycles. The van der Waals surface area contributed by atoms with Gasteiger partial charge in [0.15, 0.2) is 5.82 Å². The summed E-state index contributed by atoms with van der Waals surface area (Å²) in [4.78, 5) is 31.7. The quantitative estimate of drug-likeness (QED) is 0.664. The summed E-state index contributed by atoms with van der Waals surface area (Å²) in [5.74, 6) is 1.14. The first-order valence-electron chi connectivity index (χ1n) is 10.3. The smallest absolute Gasteiger partial charge is 0.253 e. The molecule has 2 N–H and O–H groups in total. The Morgan fingerprint density at radius 2 is 1.90 bits per heavy atom. The van der Waals surface area contributed by atoms with E-state index in [1.807, 2.05) is 25.1 Å². The third-order valence-electron chi connectivity index (χ3n) is 5.46. The Morgan fingerprint density at radius 1 is 1.10 bits per heavy atom. The van der Waals surface area contributed by atoms with Crippen LogP contribution in [0.5, 0.6) is 0 Å². The molecule has 1 fully saturated rings. The standard InChI is InChI=1S/C22H27N7O/c1-14-9-10-15(21(30)29(2)3)11-17(14)27-20-19-18(24-13-25-20)12-23-22(28-19)26-16-7-5-4-6-8-16/h9-13,16H,4-8H2,1-3H3,(H,23,26,28)(H,24,25,27). The van der Waals surface area contributed by atoms with E-state index in [9.17, 15) is 4.79 Å². The fourth-order valence-corrected chi connectivity index (χ4v) is 3.72. The summed E-state index contributed by atoms with van der Waals surface area (Å²) in [7, 11) is 3.48. The molecule has 2 aromatic heterocycles. The number of nitrogens with zero attached hydrogens (tertiary/aromatic N) is 5. The van der Waals surface area contributed by atoms with Gasteiger partial charge in [-0.05, 0) is 37.5 Å². The number of anilines is 3. The van der Waals surface area contributed by atoms with Gasteiger partial charge in [0.05, 0.1) is 6.20 Å². The van der Waals surface area contributed by atoms with Gasteiger partial charge in [-0.15, -0.1) is 0 Å². The normalized spacial score (nSPS) is 14.5. The number of aryl methyl sites for hydroxylation is 1. The molecule has 1 saturated carbocycles. The maximum absolute atomic E-state index is 12.4. The molecule has 1 amide bonds. The molecule has 0 bridgehead atoms. The van der Waals surface area contributed by atoms with Crippen molar-refractivity contribution in [3.63, 3.8) is 0 Å². The zero-order valence-corrected chi connectivity index (χ0v) is 17.6. The lowest BCUT2D eigenvalue weighted by atomic mass is 9.96. The van der Waals surface area contributed by atoms with Crippen LogP contribution in [0.15, 0.2) is 30.7 Å². The Bertz CT molecular complexity index is 1060. The van der Waals surface area contributed by atoms with Crippen molar-refractivity contribution in [1.82, 2.24) is 24.8 Å². The van der Waals surface area contributed by atoms with Gasteiger partial charge in [0.25, 0.3) is 5.91 Å². The molecule has 2 heterocycles. The molecule has 0 spiro atoms. The number of carbonyl (C=O) groups is 1. The summed E-state index contributed by atoms with van der Waals surface area (Å²) in [5.41, 5.74) is 3.74. The van der Waals surface area contributed by atoms with E-state index >= 15 is 0 Å². The van der Waals surface area contributed by atoms with Gasteiger partial charge in [0, 0.05) is 31.4 Å². The summed E-state index contributed by atoms with van der Waals surface area (Å²) < 4.78 is 0. The van der Waals surface area contributed by atoms with E-state index in [1.54, 1.807) is 25.2 Å². The number of rotatable bonds is 5. The average molecular weight is 406 g/mol. The van der Waals surface area contributed by atoms with E-state index in [2.05, 4.69) is 25.6 Å². The fraction of sp³-hybridized carbons (Fsp3) is 0.409. The molecule has 0 saturated heterocycles. The molecule has 3 aromatic rings. The van der Waals surface area contributed by atoms with Gasteiger partial charge >= 0.3 is 0 Å². The Balaban J connectivity index is 1.64. The van der Waals surface area contributed by atoms with Crippen LogP contribution in [0.3, 0.4) is 0 Å². The van der Waals surface area contributed by atoms with Crippen molar-refractivity contribution >= 4 is 34.4 Å². The van der Waals surface area contributed by atoms with E-state index < -0.39 is 0 Å². The summed E-state index contributed by atoms with van der Waals surface area (Å²) in [6.07, 6.45) is 9.28. The third kappa shape index (κ3) is 4.32. The monoisotopic (exact) mass is 405 g/mol. The summed E-state index contributed by atoms with van der Waals surface area (Å²) in [6.45, 7) is 1.99. The number of benzene rings is 1. The second-order valence-corrected chi connectivity index (χ2v) is 7.98. The van der Waals surface area contributed by atoms with E-state index in [1.165, 1.54) is 25.6 Å². The van der Waals surface area contributed by atoms with Gasteiger partial charge in [0.1, 0.15) is 17.4 Å². The topological polar surface area (TPSA) is 95.9 Å². The van der Waals surface area contributed by atoms with Crippen molar-refractivity contribution in [2.45, 2.75) is 45.1 Å². The highest BCUT2D eigenvalue weighted by Gasteiger charge is 2.16. The minimum atomic E-state index is -0.0492. The number of nitrogens with one attached hydrogen (secondary N) is 2. The van der Waals surface area contributed by atoms with Crippen LogP contribution in [0.25, 0.3) is 11.0 Å². The van der Waals surface area contributed by atoms with E-state index in [0.29, 0.717) is 34.4 Å². The van der Waals surface area contributed by atoms with Crippen LogP contribution < -0.4 is 10.6 Å². The molecule has 0 atom stereocenters. The molecular formula is C22H27N7O. The predicted octanol–water partition coefficient (Wildman–Crippen LogP) is 3.92. The third-order valence-corrected chi connectivity index (χ3v) is 5.46. The SMILES string of the molecule is Cc1ccc(C(=O)N(C)C)cc1Nc1ncnc2cnc(NC3CCCCC3)nc12. The molecule has 8 nitrogen and oxygen atoms in total. The lowest BCUT2D eigenvalue weighted by Gasteiger charge is -2.22. The summed E-state index contributed by atoms with van der Waals surface area (Å²) in [5, 5.41) is 6.80. The minimum Gasteiger partial charge on any atom is -0.351 e. The molecule has 0 unspecified atom stereocenters. The Hall–Kier alpha value is -3.29. The molecule has 30 heavy (non-hydrogen) atoms. The second kappa shape index (κ2) is 8.61. The average Bonchev–Trinajstić information content (AvgIpc) is 2.76. The van der Waals surface area contributed by atoms with Gasteiger partial charge in [-0.1, -0.05) is 25.3 Å². The summed E-state index contributed by atoms with van der Waals surface area (Å²) >= 11 is 0. The molecule has 0 radical (unpaired) electrons. The van der Waals surface area contributed by atoms with Crippen molar-refractivity contribution in [2.75, 3.05) is 24.7 Å². The van der Waals surface area contributed by atoms with Gasteiger partial charge < -0.3 is 15.5 Å². The highest BCUT2D eigenvalue weighted by molar-refractivity contribution is 5.95. The Kier molecular flexibility index (Phi) is 5.74. The number of carbonyl (C=O) groups excluding carboxylic acids is 1. The van der Waals surface area contributed by atoms with Crippen LogP contribution in [0.2, 0.25) is 0 Å². The first kappa shape index (κ1) is 20.0. The number of hydrogen-bond acceptors (Lipinski definition) is 7. The molecule has 4 rings (SSSR count). The van der Waals surface area contributed by atoms with Crippen molar-refractivity contribution in [1.29, 1.82) is 0 Å². The van der Waals surface area contributed by atoms with Crippen LogP contribution in [0.1, 0.15) is 48.0 Å². The largest absolute Gasteiger partial charge is 0.351 e. The lowest BCUT2D eigenvalue weighted by Crippen LogP contribution is -2.23. The second-order valence-electron chi connectivity index (χ2n) is 7.98. The zero-order valence-electron chi connectivity index (χ0n) is 17.6. The zero-order chi connectivity index (χ0) is 21.1. The van der Waals surface area contributed by atoms with Crippen LogP contribution in [0.4, 0.5) is 17.5 Å². The van der Waals surface area contributed by atoms with Crippen molar-refractivity contribution in [2.24, 2.45) is 0 Å². The van der Waals surface area contributed by atoms with Gasteiger partial charge in [-0.2, -0.15) is 0 Å². The van der Waals surface area contributed by atoms with E-state index in [-0.39, 0.29) is 5.91 Å². The van der Waals surface area contributed by atoms with Crippen LogP contribution in [0, 0.1) is 6.92 Å². The maximum atomic E-state index is 12.4. The predicted molar refractivity (Wildman–Crippen MR) is 118 cm³/mol. The van der Waals surface area contributed by atoms with Crippen LogP contribution in [-0.2, 0) is 0 Å². The van der Waals surface area contributed by atoms with Gasteiger partial charge in [-0.25, -0.2) is 19.9 Å². The van der Waals surface area contributed by atoms with Gasteiger partial charge in [-0.3, -0.25) is 4.79 Å². The van der Waals surface area contributed by atoms with E-state index in [4.69, 9.17) is 4.98 Å². The molecule has 1 aromatic carbocycles. The molecule has 8 heteroatoms. The highest BCUT2D eigenvalue weighted by atomic mass is 16.2. The minimum absolute atomic E-state index is 0.0492. The first-order valence-corrected chi connectivity index (χ1v) is 10.3. The Labute approximate surface area is 176 Å². The van der Waals surface area contributed by atoms with Crippen molar-refractivity contribution in [3.05, 3.63) is 41.9 Å². The lowest BCUT2D eigenvalue weighted by molar-refractivity contribution is 0.0827. The van der Waals surface area contributed by atoms with Crippen LogP contribution >= 0.6 is 0 Å². The number of fused-ring (bicyclic) bond motifs is 1. The molecular weight excluding hydrogens is 378 g/mol. The highest BCUT2D eigenvalue weighted by Crippen LogP contribution is 2.26. The molecule has 0 aliphatic heterocycles. The first-order chi connectivity index (χ1) is 14.5. The maximum Gasteiger partial charge on any atom is 0.253 e. The van der Waals surface area contributed by atoms with Gasteiger partial charge in [0.2, 0.25) is 5.95 Å². The fourth-order valence-electron chi connectivity index (χ4n) is 3.72. The van der Waals surface area contributed by atoms with Crippen LogP contribution in [-0.4, -0.2) is 50.9 Å². The van der Waals surface area contributed by atoms with Crippen molar-refractivity contribution in [3.8, 4) is 0 Å². The number of amides is 1. The Morgan fingerprint density at radius 3 is 2.67 bits per heavy atom. The van der Waals surface area contributed by atoms with E-state index in [0.717, 1.165) is 24.1 Å². The number of aromatic nitrogens is 4. The molecule has 1 aliphatic rings.